The number of hydrogen-bond donors (Lipinski definition) is 0. The highest BCUT2D eigenvalue weighted by Crippen LogP contribution is 2.44. The van der Waals surface area contributed by atoms with Crippen LogP contribution in [0, 0.1) is 17.7 Å². The lowest BCUT2D eigenvalue weighted by molar-refractivity contribution is 0.533. The molecule has 4 heterocycles. The van der Waals surface area contributed by atoms with Crippen LogP contribution in [0.15, 0.2) is 18.3 Å². The van der Waals surface area contributed by atoms with E-state index in [1.54, 1.807) is 23.6 Å². The zero-order chi connectivity index (χ0) is 15.4. The van der Waals surface area contributed by atoms with Crippen molar-refractivity contribution in [3.8, 4) is 0 Å². The normalized spacial score (nSPS) is 26.8. The van der Waals surface area contributed by atoms with E-state index in [9.17, 15) is 4.39 Å². The Kier molecular flexibility index (Phi) is 3.04. The Morgan fingerprint density at radius 3 is 2.48 bits per heavy atom. The molecular weight excluding hydrogens is 313 g/mol. The average molecular weight is 331 g/mol. The number of pyridine rings is 1. The molecule has 0 radical (unpaired) electrons. The molecule has 0 aromatic carbocycles. The topological polar surface area (TPSA) is 45.2 Å². The van der Waals surface area contributed by atoms with Crippen LogP contribution in [-0.2, 0) is 0 Å². The molecule has 2 aliphatic heterocycles. The minimum absolute atomic E-state index is 0.220. The van der Waals surface area contributed by atoms with Crippen molar-refractivity contribution >= 4 is 22.3 Å². The zero-order valence-electron chi connectivity index (χ0n) is 12.7. The van der Waals surface area contributed by atoms with Crippen LogP contribution in [0.25, 0.3) is 0 Å². The first kappa shape index (κ1) is 13.7. The fourth-order valence-corrected chi connectivity index (χ4v) is 4.81. The summed E-state index contributed by atoms with van der Waals surface area (Å²) >= 11 is 1.76. The number of halogens is 1. The quantitative estimate of drug-likeness (QED) is 0.865. The van der Waals surface area contributed by atoms with Crippen LogP contribution < -0.4 is 9.80 Å². The van der Waals surface area contributed by atoms with Crippen molar-refractivity contribution in [3.05, 3.63) is 29.2 Å². The SMILES string of the molecule is Fc1cccnc1N1CC2CN(c3nnc(C4CC4)s3)CC2C1. The second kappa shape index (κ2) is 5.12. The molecule has 5 rings (SSSR count). The smallest absolute Gasteiger partial charge is 0.208 e. The highest BCUT2D eigenvalue weighted by atomic mass is 32.1. The lowest BCUT2D eigenvalue weighted by Gasteiger charge is -2.22. The number of fused-ring (bicyclic) bond motifs is 1. The summed E-state index contributed by atoms with van der Waals surface area (Å²) in [6.07, 6.45) is 4.20. The molecule has 2 saturated heterocycles. The minimum Gasteiger partial charge on any atom is -0.353 e. The molecule has 3 aliphatic rings. The maximum Gasteiger partial charge on any atom is 0.208 e. The molecule has 1 saturated carbocycles. The van der Waals surface area contributed by atoms with Crippen LogP contribution in [0.2, 0.25) is 0 Å². The van der Waals surface area contributed by atoms with Gasteiger partial charge in [-0.25, -0.2) is 9.37 Å². The van der Waals surface area contributed by atoms with E-state index < -0.39 is 0 Å². The van der Waals surface area contributed by atoms with Gasteiger partial charge in [-0.05, 0) is 25.0 Å². The number of nitrogens with zero attached hydrogens (tertiary/aromatic N) is 5. The van der Waals surface area contributed by atoms with Gasteiger partial charge in [0.15, 0.2) is 11.6 Å². The van der Waals surface area contributed by atoms with Gasteiger partial charge in [0, 0.05) is 50.1 Å². The first-order valence-electron chi connectivity index (χ1n) is 8.22. The molecule has 7 heteroatoms. The first-order valence-corrected chi connectivity index (χ1v) is 9.03. The van der Waals surface area contributed by atoms with E-state index in [0.717, 1.165) is 31.3 Å². The predicted octanol–water partition coefficient (Wildman–Crippen LogP) is 2.52. The van der Waals surface area contributed by atoms with Gasteiger partial charge in [0.05, 0.1) is 0 Å². The van der Waals surface area contributed by atoms with E-state index in [2.05, 4.69) is 25.0 Å². The highest BCUT2D eigenvalue weighted by Gasteiger charge is 2.42. The molecule has 2 atom stereocenters. The Balaban J connectivity index is 1.28. The van der Waals surface area contributed by atoms with Gasteiger partial charge in [0.2, 0.25) is 5.13 Å². The number of rotatable bonds is 3. The van der Waals surface area contributed by atoms with Gasteiger partial charge in [0.1, 0.15) is 5.01 Å². The summed E-state index contributed by atoms with van der Waals surface area (Å²) in [5, 5.41) is 11.0. The molecule has 1 aliphatic carbocycles. The summed E-state index contributed by atoms with van der Waals surface area (Å²) in [6, 6.07) is 3.13. The van der Waals surface area contributed by atoms with Crippen molar-refractivity contribution in [2.24, 2.45) is 11.8 Å². The predicted molar refractivity (Wildman–Crippen MR) is 87.5 cm³/mol. The maximum atomic E-state index is 13.9. The highest BCUT2D eigenvalue weighted by molar-refractivity contribution is 7.15. The van der Waals surface area contributed by atoms with Gasteiger partial charge in [-0.2, -0.15) is 0 Å². The molecule has 120 valence electrons. The standard InChI is InChI=1S/C16H18FN5S/c17-13-2-1-5-18-14(13)21-6-11-8-22(9-12(11)7-21)16-20-19-15(23-16)10-3-4-10/h1-2,5,10-12H,3-4,6-9H2. The van der Waals surface area contributed by atoms with Crippen molar-refractivity contribution < 1.29 is 4.39 Å². The van der Waals surface area contributed by atoms with Crippen LogP contribution in [0.4, 0.5) is 15.3 Å². The summed E-state index contributed by atoms with van der Waals surface area (Å²) in [6.45, 7) is 3.75. The van der Waals surface area contributed by atoms with Gasteiger partial charge in [-0.1, -0.05) is 11.3 Å². The summed E-state index contributed by atoms with van der Waals surface area (Å²) in [5.41, 5.74) is 0. The van der Waals surface area contributed by atoms with Gasteiger partial charge in [-0.15, -0.1) is 10.2 Å². The molecule has 0 amide bonds. The minimum atomic E-state index is -0.220. The van der Waals surface area contributed by atoms with E-state index in [1.807, 2.05) is 0 Å². The second-order valence-electron chi connectivity index (χ2n) is 6.84. The van der Waals surface area contributed by atoms with E-state index in [1.165, 1.54) is 23.9 Å². The monoisotopic (exact) mass is 331 g/mol. The molecule has 5 nitrogen and oxygen atoms in total. The molecule has 0 bridgehead atoms. The average Bonchev–Trinajstić information content (AvgIpc) is 2.97. The Morgan fingerprint density at radius 1 is 1.04 bits per heavy atom. The second-order valence-corrected chi connectivity index (χ2v) is 7.82. The third-order valence-corrected chi connectivity index (χ3v) is 6.30. The van der Waals surface area contributed by atoms with E-state index in [0.29, 0.717) is 23.6 Å². The number of aromatic nitrogens is 3. The summed E-state index contributed by atoms with van der Waals surface area (Å²) in [7, 11) is 0. The lowest BCUT2D eigenvalue weighted by Crippen LogP contribution is -2.29. The molecular formula is C16H18FN5S. The number of anilines is 2. The van der Waals surface area contributed by atoms with Gasteiger partial charge in [0.25, 0.3) is 0 Å². The van der Waals surface area contributed by atoms with Crippen molar-refractivity contribution in [1.29, 1.82) is 0 Å². The zero-order valence-corrected chi connectivity index (χ0v) is 13.5. The summed E-state index contributed by atoms with van der Waals surface area (Å²) in [4.78, 5) is 8.67. The third kappa shape index (κ3) is 2.38. The molecule has 3 fully saturated rings. The van der Waals surface area contributed by atoms with E-state index in [-0.39, 0.29) is 5.82 Å². The third-order valence-electron chi connectivity index (χ3n) is 5.15. The number of hydrogen-bond acceptors (Lipinski definition) is 6. The van der Waals surface area contributed by atoms with E-state index >= 15 is 0 Å². The lowest BCUT2D eigenvalue weighted by atomic mass is 10.0. The molecule has 2 aromatic heterocycles. The van der Waals surface area contributed by atoms with Crippen LogP contribution in [0.1, 0.15) is 23.8 Å². The Labute approximate surface area is 138 Å². The van der Waals surface area contributed by atoms with Crippen molar-refractivity contribution in [2.75, 3.05) is 36.0 Å². The Bertz CT molecular complexity index is 717. The van der Waals surface area contributed by atoms with Crippen LogP contribution in [-0.4, -0.2) is 41.4 Å². The first-order chi connectivity index (χ1) is 11.3. The molecule has 0 spiro atoms. The maximum absolute atomic E-state index is 13.9. The molecule has 2 unspecified atom stereocenters. The summed E-state index contributed by atoms with van der Waals surface area (Å²) in [5.74, 6) is 2.07. The van der Waals surface area contributed by atoms with Gasteiger partial charge >= 0.3 is 0 Å². The van der Waals surface area contributed by atoms with Crippen molar-refractivity contribution in [3.63, 3.8) is 0 Å². The fourth-order valence-electron chi connectivity index (χ4n) is 3.78. The van der Waals surface area contributed by atoms with Gasteiger partial charge in [-0.3, -0.25) is 0 Å². The molecule has 2 aromatic rings. The van der Waals surface area contributed by atoms with Gasteiger partial charge < -0.3 is 9.80 Å². The van der Waals surface area contributed by atoms with Crippen molar-refractivity contribution in [1.82, 2.24) is 15.2 Å². The Hall–Kier alpha value is -1.76. The van der Waals surface area contributed by atoms with Crippen LogP contribution >= 0.6 is 11.3 Å². The largest absolute Gasteiger partial charge is 0.353 e. The Morgan fingerprint density at radius 2 is 1.78 bits per heavy atom. The fraction of sp³-hybridized carbons (Fsp3) is 0.562. The molecule has 23 heavy (non-hydrogen) atoms. The van der Waals surface area contributed by atoms with Crippen molar-refractivity contribution in [2.45, 2.75) is 18.8 Å². The summed E-state index contributed by atoms with van der Waals surface area (Å²) < 4.78 is 13.9. The van der Waals surface area contributed by atoms with Crippen LogP contribution in [0.5, 0.6) is 0 Å². The molecule has 0 N–H and O–H groups in total. The van der Waals surface area contributed by atoms with E-state index in [4.69, 9.17) is 0 Å². The van der Waals surface area contributed by atoms with Crippen LogP contribution in [0.3, 0.4) is 0 Å².